The number of nitrogens with zero attached hydrogens (tertiary/aromatic N) is 1. The molecule has 1 aromatic heterocycles. The Kier molecular flexibility index (Phi) is 6.86. The lowest BCUT2D eigenvalue weighted by Crippen LogP contribution is -2.27. The van der Waals surface area contributed by atoms with Crippen LogP contribution in [0.3, 0.4) is 0 Å². The molecule has 1 atom stereocenters. The third kappa shape index (κ3) is 5.92. The molecule has 0 aliphatic heterocycles. The van der Waals surface area contributed by atoms with E-state index >= 15 is 0 Å². The standard InChI is InChI=1S/C13H18F2N2O3/c1-2-9(18)3-5-17-13(19)11-7-10(4-6-16-11)20-8-12(14)15/h4,6-7,9,12,18H,2-3,5,8H2,1H3,(H,17,19). The van der Waals surface area contributed by atoms with Gasteiger partial charge in [0.05, 0.1) is 6.10 Å². The van der Waals surface area contributed by atoms with Crippen molar-refractivity contribution in [2.45, 2.75) is 32.3 Å². The Morgan fingerprint density at radius 2 is 2.30 bits per heavy atom. The van der Waals surface area contributed by atoms with Crippen molar-refractivity contribution in [3.05, 3.63) is 24.0 Å². The number of carbonyl (C=O) groups is 1. The van der Waals surface area contributed by atoms with Gasteiger partial charge in [0.1, 0.15) is 18.1 Å². The number of aliphatic hydroxyl groups excluding tert-OH is 1. The maximum Gasteiger partial charge on any atom is 0.272 e. The lowest BCUT2D eigenvalue weighted by Gasteiger charge is -2.09. The molecule has 20 heavy (non-hydrogen) atoms. The van der Waals surface area contributed by atoms with E-state index in [4.69, 9.17) is 4.74 Å². The predicted octanol–water partition coefficient (Wildman–Crippen LogP) is 1.62. The number of aromatic nitrogens is 1. The molecule has 112 valence electrons. The zero-order valence-corrected chi connectivity index (χ0v) is 11.2. The third-order valence-electron chi connectivity index (χ3n) is 2.57. The minimum atomic E-state index is -2.57. The van der Waals surface area contributed by atoms with Gasteiger partial charge in [-0.1, -0.05) is 6.92 Å². The fraction of sp³-hybridized carbons (Fsp3) is 0.538. The molecule has 0 aromatic carbocycles. The molecule has 2 N–H and O–H groups in total. The predicted molar refractivity (Wildman–Crippen MR) is 69.0 cm³/mol. The van der Waals surface area contributed by atoms with Crippen molar-refractivity contribution < 1.29 is 23.4 Å². The molecule has 0 fully saturated rings. The van der Waals surface area contributed by atoms with Crippen LogP contribution in [0.2, 0.25) is 0 Å². The van der Waals surface area contributed by atoms with Gasteiger partial charge in [-0.25, -0.2) is 8.78 Å². The second-order valence-corrected chi connectivity index (χ2v) is 4.19. The number of nitrogens with one attached hydrogen (secondary N) is 1. The molecule has 1 amide bonds. The van der Waals surface area contributed by atoms with Crippen molar-refractivity contribution in [1.82, 2.24) is 10.3 Å². The number of ether oxygens (including phenoxy) is 1. The maximum absolute atomic E-state index is 12.0. The molecule has 0 saturated carbocycles. The number of rotatable bonds is 8. The third-order valence-corrected chi connectivity index (χ3v) is 2.57. The van der Waals surface area contributed by atoms with Gasteiger partial charge in [-0.15, -0.1) is 0 Å². The second kappa shape index (κ2) is 8.42. The largest absolute Gasteiger partial charge is 0.488 e. The van der Waals surface area contributed by atoms with Gasteiger partial charge in [0.25, 0.3) is 12.3 Å². The molecule has 1 heterocycles. The molecule has 0 bridgehead atoms. The lowest BCUT2D eigenvalue weighted by atomic mass is 10.2. The summed E-state index contributed by atoms with van der Waals surface area (Å²) in [5, 5.41) is 11.9. The number of alkyl halides is 2. The summed E-state index contributed by atoms with van der Waals surface area (Å²) >= 11 is 0. The van der Waals surface area contributed by atoms with Crippen LogP contribution in [0.25, 0.3) is 0 Å². The smallest absolute Gasteiger partial charge is 0.272 e. The summed E-state index contributed by atoms with van der Waals surface area (Å²) in [5.74, 6) is -0.269. The highest BCUT2D eigenvalue weighted by molar-refractivity contribution is 5.92. The van der Waals surface area contributed by atoms with Crippen molar-refractivity contribution in [3.8, 4) is 5.75 Å². The van der Waals surface area contributed by atoms with E-state index in [1.807, 2.05) is 6.92 Å². The summed E-state index contributed by atoms with van der Waals surface area (Å²) in [6, 6.07) is 2.70. The number of carbonyl (C=O) groups excluding carboxylic acids is 1. The van der Waals surface area contributed by atoms with Crippen LogP contribution >= 0.6 is 0 Å². The van der Waals surface area contributed by atoms with Gasteiger partial charge in [0.2, 0.25) is 0 Å². The van der Waals surface area contributed by atoms with Crippen LogP contribution < -0.4 is 10.1 Å². The summed E-state index contributed by atoms with van der Waals surface area (Å²) in [6.45, 7) is 1.43. The maximum atomic E-state index is 12.0. The van der Waals surface area contributed by atoms with Gasteiger partial charge in [0, 0.05) is 18.8 Å². The molecular weight excluding hydrogens is 270 g/mol. The van der Waals surface area contributed by atoms with Gasteiger partial charge < -0.3 is 15.2 Å². The highest BCUT2D eigenvalue weighted by Crippen LogP contribution is 2.12. The van der Waals surface area contributed by atoms with E-state index in [1.165, 1.54) is 18.3 Å². The van der Waals surface area contributed by atoms with Crippen molar-refractivity contribution >= 4 is 5.91 Å². The summed E-state index contributed by atoms with van der Waals surface area (Å²) in [7, 11) is 0. The van der Waals surface area contributed by atoms with Gasteiger partial charge in [-0.3, -0.25) is 9.78 Å². The Morgan fingerprint density at radius 1 is 1.55 bits per heavy atom. The average molecular weight is 288 g/mol. The molecule has 1 aromatic rings. The van der Waals surface area contributed by atoms with Crippen LogP contribution in [0.4, 0.5) is 8.78 Å². The normalized spacial score (nSPS) is 12.2. The van der Waals surface area contributed by atoms with E-state index in [-0.39, 0.29) is 11.4 Å². The molecule has 1 unspecified atom stereocenters. The van der Waals surface area contributed by atoms with Gasteiger partial charge in [-0.2, -0.15) is 0 Å². The van der Waals surface area contributed by atoms with E-state index < -0.39 is 25.0 Å². The number of hydrogen-bond acceptors (Lipinski definition) is 4. The van der Waals surface area contributed by atoms with E-state index in [0.29, 0.717) is 19.4 Å². The zero-order chi connectivity index (χ0) is 15.0. The summed E-state index contributed by atoms with van der Waals surface area (Å²) < 4.78 is 28.8. The van der Waals surface area contributed by atoms with Gasteiger partial charge >= 0.3 is 0 Å². The van der Waals surface area contributed by atoms with Crippen molar-refractivity contribution in [1.29, 1.82) is 0 Å². The minimum Gasteiger partial charge on any atom is -0.488 e. The molecule has 0 radical (unpaired) electrons. The molecule has 1 rings (SSSR count). The number of hydrogen-bond donors (Lipinski definition) is 2. The van der Waals surface area contributed by atoms with Crippen LogP contribution in [0.15, 0.2) is 18.3 Å². The number of halogens is 2. The first-order valence-corrected chi connectivity index (χ1v) is 6.36. The first kappa shape index (κ1) is 16.3. The van der Waals surface area contributed by atoms with Crippen LogP contribution in [-0.2, 0) is 0 Å². The van der Waals surface area contributed by atoms with Crippen LogP contribution in [0, 0.1) is 0 Å². The van der Waals surface area contributed by atoms with Gasteiger partial charge in [0.15, 0.2) is 0 Å². The molecule has 5 nitrogen and oxygen atoms in total. The Labute approximate surface area is 116 Å². The first-order chi connectivity index (χ1) is 9.52. The van der Waals surface area contributed by atoms with E-state index in [2.05, 4.69) is 10.3 Å². The SMILES string of the molecule is CCC(O)CCNC(=O)c1cc(OCC(F)F)ccn1. The summed E-state index contributed by atoms with van der Waals surface area (Å²) in [4.78, 5) is 15.6. The minimum absolute atomic E-state index is 0.0859. The highest BCUT2D eigenvalue weighted by Gasteiger charge is 2.10. The Morgan fingerprint density at radius 3 is 2.95 bits per heavy atom. The topological polar surface area (TPSA) is 71.5 Å². The molecule has 0 aliphatic rings. The molecule has 0 spiro atoms. The Balaban J connectivity index is 2.49. The molecule has 7 heteroatoms. The number of amides is 1. The summed E-state index contributed by atoms with van der Waals surface area (Å²) in [6.07, 6.45) is -0.647. The number of aliphatic hydroxyl groups is 1. The van der Waals surface area contributed by atoms with Crippen molar-refractivity contribution in [2.75, 3.05) is 13.2 Å². The van der Waals surface area contributed by atoms with Crippen LogP contribution in [0.5, 0.6) is 5.75 Å². The zero-order valence-electron chi connectivity index (χ0n) is 11.2. The molecule has 0 saturated heterocycles. The van der Waals surface area contributed by atoms with Crippen molar-refractivity contribution in [2.24, 2.45) is 0 Å². The average Bonchev–Trinajstić information content (AvgIpc) is 2.45. The van der Waals surface area contributed by atoms with E-state index in [1.54, 1.807) is 0 Å². The first-order valence-electron chi connectivity index (χ1n) is 6.36. The highest BCUT2D eigenvalue weighted by atomic mass is 19.3. The fourth-order valence-electron chi connectivity index (χ4n) is 1.43. The fourth-order valence-corrected chi connectivity index (χ4v) is 1.43. The van der Waals surface area contributed by atoms with Crippen LogP contribution in [0.1, 0.15) is 30.3 Å². The monoisotopic (exact) mass is 288 g/mol. The van der Waals surface area contributed by atoms with E-state index in [0.717, 1.165) is 0 Å². The Bertz CT molecular complexity index is 430. The van der Waals surface area contributed by atoms with E-state index in [9.17, 15) is 18.7 Å². The molecule has 0 aliphatic carbocycles. The van der Waals surface area contributed by atoms with Crippen molar-refractivity contribution in [3.63, 3.8) is 0 Å². The number of pyridine rings is 1. The Hall–Kier alpha value is -1.76. The quantitative estimate of drug-likeness (QED) is 0.762. The summed E-state index contributed by atoms with van der Waals surface area (Å²) in [5.41, 5.74) is 0.0859. The molecular formula is C13H18F2N2O3. The lowest BCUT2D eigenvalue weighted by molar-refractivity contribution is 0.0817. The van der Waals surface area contributed by atoms with Crippen LogP contribution in [-0.4, -0.2) is 41.7 Å². The second-order valence-electron chi connectivity index (χ2n) is 4.19. The van der Waals surface area contributed by atoms with Gasteiger partial charge in [-0.05, 0) is 18.9 Å².